The van der Waals surface area contributed by atoms with Gasteiger partial charge in [0.05, 0.1) is 17.1 Å². The van der Waals surface area contributed by atoms with Crippen LogP contribution in [-0.2, 0) is 4.74 Å². The molecule has 0 amide bonds. The van der Waals surface area contributed by atoms with E-state index < -0.39 is 0 Å². The number of aromatic nitrogens is 1. The number of pyridine rings is 1. The van der Waals surface area contributed by atoms with Crippen LogP contribution >= 0.6 is 11.6 Å². The van der Waals surface area contributed by atoms with E-state index >= 15 is 0 Å². The molecule has 1 atom stereocenters. The standard InChI is InChI=1S/C20H18ClNO2/c21-18-11-12-22-20-16(4-3-5-17(18)20)14-7-9-15(10-8-14)24-19-6-1-2-13-23-19/h3-5,7-12,19H,1-2,6,13H2. The van der Waals surface area contributed by atoms with E-state index in [0.29, 0.717) is 0 Å². The van der Waals surface area contributed by atoms with Crippen LogP contribution in [0.2, 0.25) is 5.02 Å². The summed E-state index contributed by atoms with van der Waals surface area (Å²) >= 11 is 6.28. The minimum absolute atomic E-state index is 0.123. The number of rotatable bonds is 3. The van der Waals surface area contributed by atoms with Gasteiger partial charge in [0.2, 0.25) is 0 Å². The van der Waals surface area contributed by atoms with Crippen LogP contribution in [0.4, 0.5) is 0 Å². The molecule has 24 heavy (non-hydrogen) atoms. The molecule has 1 aliphatic heterocycles. The van der Waals surface area contributed by atoms with Gasteiger partial charge in [0.25, 0.3) is 0 Å². The molecule has 3 aromatic rings. The Balaban J connectivity index is 1.62. The Hall–Kier alpha value is -2.10. The van der Waals surface area contributed by atoms with Crippen molar-refractivity contribution in [3.05, 3.63) is 59.8 Å². The minimum atomic E-state index is -0.123. The van der Waals surface area contributed by atoms with Crippen molar-refractivity contribution in [1.82, 2.24) is 4.98 Å². The first-order valence-corrected chi connectivity index (χ1v) is 8.61. The van der Waals surface area contributed by atoms with E-state index in [-0.39, 0.29) is 6.29 Å². The summed E-state index contributed by atoms with van der Waals surface area (Å²) in [6.07, 6.45) is 4.85. The molecule has 122 valence electrons. The summed E-state index contributed by atoms with van der Waals surface area (Å²) in [5, 5.41) is 1.68. The maximum atomic E-state index is 6.28. The molecular weight excluding hydrogens is 322 g/mol. The quantitative estimate of drug-likeness (QED) is 0.635. The van der Waals surface area contributed by atoms with E-state index in [9.17, 15) is 0 Å². The number of hydrogen-bond acceptors (Lipinski definition) is 3. The maximum absolute atomic E-state index is 6.28. The lowest BCUT2D eigenvalue weighted by molar-refractivity contribution is -0.105. The number of para-hydroxylation sites is 1. The highest BCUT2D eigenvalue weighted by atomic mass is 35.5. The maximum Gasteiger partial charge on any atom is 0.199 e. The molecule has 0 aliphatic carbocycles. The molecule has 2 heterocycles. The van der Waals surface area contributed by atoms with Gasteiger partial charge in [0, 0.05) is 23.6 Å². The van der Waals surface area contributed by atoms with Gasteiger partial charge in [-0.2, -0.15) is 0 Å². The Kier molecular flexibility index (Phi) is 4.37. The zero-order valence-corrected chi connectivity index (χ0v) is 14.0. The number of nitrogens with zero attached hydrogens (tertiary/aromatic N) is 1. The highest BCUT2D eigenvalue weighted by Gasteiger charge is 2.15. The summed E-state index contributed by atoms with van der Waals surface area (Å²) in [6.45, 7) is 0.783. The molecule has 0 N–H and O–H groups in total. The van der Waals surface area contributed by atoms with Gasteiger partial charge in [-0.3, -0.25) is 4.98 Å². The van der Waals surface area contributed by atoms with Crippen LogP contribution in [0.5, 0.6) is 5.75 Å². The Morgan fingerprint density at radius 2 is 1.92 bits per heavy atom. The third-order valence-corrected chi connectivity index (χ3v) is 4.62. The van der Waals surface area contributed by atoms with Gasteiger partial charge in [-0.15, -0.1) is 0 Å². The lowest BCUT2D eigenvalue weighted by Crippen LogP contribution is -2.24. The first kappa shape index (κ1) is 15.4. The Morgan fingerprint density at radius 1 is 1.04 bits per heavy atom. The molecule has 3 nitrogen and oxygen atoms in total. The fourth-order valence-corrected chi connectivity index (χ4v) is 3.25. The molecule has 1 fully saturated rings. The van der Waals surface area contributed by atoms with Crippen molar-refractivity contribution in [1.29, 1.82) is 0 Å². The summed E-state index contributed by atoms with van der Waals surface area (Å²) in [7, 11) is 0. The van der Waals surface area contributed by atoms with Crippen molar-refractivity contribution in [3.8, 4) is 16.9 Å². The molecule has 0 radical (unpaired) electrons. The summed E-state index contributed by atoms with van der Waals surface area (Å²) < 4.78 is 11.5. The van der Waals surface area contributed by atoms with Crippen molar-refractivity contribution in [3.63, 3.8) is 0 Å². The van der Waals surface area contributed by atoms with Crippen molar-refractivity contribution >= 4 is 22.5 Å². The van der Waals surface area contributed by atoms with E-state index in [1.54, 1.807) is 6.20 Å². The van der Waals surface area contributed by atoms with E-state index in [1.165, 1.54) is 0 Å². The second kappa shape index (κ2) is 6.80. The first-order valence-electron chi connectivity index (χ1n) is 8.23. The van der Waals surface area contributed by atoms with Crippen molar-refractivity contribution in [2.45, 2.75) is 25.6 Å². The third kappa shape index (κ3) is 3.10. The average molecular weight is 340 g/mol. The molecule has 4 rings (SSSR count). The van der Waals surface area contributed by atoms with E-state index in [2.05, 4.69) is 23.2 Å². The number of fused-ring (bicyclic) bond motifs is 1. The van der Waals surface area contributed by atoms with Crippen molar-refractivity contribution in [2.24, 2.45) is 0 Å². The largest absolute Gasteiger partial charge is 0.465 e. The van der Waals surface area contributed by atoms with Crippen LogP contribution in [-0.4, -0.2) is 17.9 Å². The smallest absolute Gasteiger partial charge is 0.199 e. The molecule has 1 unspecified atom stereocenters. The van der Waals surface area contributed by atoms with Crippen LogP contribution in [0.1, 0.15) is 19.3 Å². The lowest BCUT2D eigenvalue weighted by Gasteiger charge is -2.23. The summed E-state index contributed by atoms with van der Waals surface area (Å²) in [5.74, 6) is 0.830. The summed E-state index contributed by atoms with van der Waals surface area (Å²) in [5.41, 5.74) is 3.07. The molecular formula is C20H18ClNO2. The Labute approximate surface area is 146 Å². The predicted molar refractivity (Wildman–Crippen MR) is 96.4 cm³/mol. The van der Waals surface area contributed by atoms with E-state index in [0.717, 1.165) is 58.7 Å². The third-order valence-electron chi connectivity index (χ3n) is 4.29. The molecule has 1 saturated heterocycles. The van der Waals surface area contributed by atoms with Gasteiger partial charge < -0.3 is 9.47 Å². The normalized spacial score (nSPS) is 17.8. The molecule has 1 aromatic heterocycles. The molecule has 2 aromatic carbocycles. The molecule has 4 heteroatoms. The molecule has 1 aliphatic rings. The van der Waals surface area contributed by atoms with Crippen molar-refractivity contribution in [2.75, 3.05) is 6.61 Å². The van der Waals surface area contributed by atoms with Gasteiger partial charge >= 0.3 is 0 Å². The molecule has 0 saturated carbocycles. The molecule has 0 bridgehead atoms. The van der Waals surface area contributed by atoms with Crippen LogP contribution < -0.4 is 4.74 Å². The highest BCUT2D eigenvalue weighted by molar-refractivity contribution is 6.35. The van der Waals surface area contributed by atoms with E-state index in [4.69, 9.17) is 21.1 Å². The zero-order valence-electron chi connectivity index (χ0n) is 13.2. The topological polar surface area (TPSA) is 31.4 Å². The summed E-state index contributed by atoms with van der Waals surface area (Å²) in [4.78, 5) is 4.50. The van der Waals surface area contributed by atoms with E-state index in [1.807, 2.05) is 30.3 Å². The predicted octanol–water partition coefficient (Wildman–Crippen LogP) is 5.46. The van der Waals surface area contributed by atoms with Gasteiger partial charge in [-0.1, -0.05) is 41.9 Å². The Morgan fingerprint density at radius 3 is 2.71 bits per heavy atom. The van der Waals surface area contributed by atoms with Crippen LogP contribution in [0.3, 0.4) is 0 Å². The zero-order chi connectivity index (χ0) is 16.4. The van der Waals surface area contributed by atoms with Gasteiger partial charge in [-0.05, 0) is 36.6 Å². The fourth-order valence-electron chi connectivity index (χ4n) is 3.04. The number of hydrogen-bond donors (Lipinski definition) is 0. The second-order valence-electron chi connectivity index (χ2n) is 5.93. The van der Waals surface area contributed by atoms with Crippen molar-refractivity contribution < 1.29 is 9.47 Å². The second-order valence-corrected chi connectivity index (χ2v) is 6.34. The highest BCUT2D eigenvalue weighted by Crippen LogP contribution is 2.31. The number of ether oxygens (including phenoxy) is 2. The van der Waals surface area contributed by atoms with Crippen LogP contribution in [0.25, 0.3) is 22.0 Å². The van der Waals surface area contributed by atoms with Crippen LogP contribution in [0.15, 0.2) is 54.7 Å². The lowest BCUT2D eigenvalue weighted by atomic mass is 10.0. The minimum Gasteiger partial charge on any atom is -0.465 e. The fraction of sp³-hybridized carbons (Fsp3) is 0.250. The molecule has 0 spiro atoms. The summed E-state index contributed by atoms with van der Waals surface area (Å²) in [6, 6.07) is 15.9. The van der Waals surface area contributed by atoms with Gasteiger partial charge in [-0.25, -0.2) is 0 Å². The van der Waals surface area contributed by atoms with Crippen LogP contribution in [0, 0.1) is 0 Å². The Bertz CT molecular complexity index is 842. The number of halogens is 1. The first-order chi connectivity index (χ1) is 11.8. The number of benzene rings is 2. The van der Waals surface area contributed by atoms with Gasteiger partial charge in [0.1, 0.15) is 5.75 Å². The van der Waals surface area contributed by atoms with Gasteiger partial charge in [0.15, 0.2) is 6.29 Å². The SMILES string of the molecule is Clc1ccnc2c(-c3ccc(OC4CCCCO4)cc3)cccc12. The average Bonchev–Trinajstić information content (AvgIpc) is 2.63. The monoisotopic (exact) mass is 339 g/mol.